The zero-order valence-electron chi connectivity index (χ0n) is 8.73. The summed E-state index contributed by atoms with van der Waals surface area (Å²) in [4.78, 5) is 5.74. The Bertz CT molecular complexity index is 351. The Balaban J connectivity index is 2.80. The van der Waals surface area contributed by atoms with Crippen LogP contribution in [0.1, 0.15) is 24.3 Å². The van der Waals surface area contributed by atoms with Gasteiger partial charge in [0.2, 0.25) is 0 Å². The van der Waals surface area contributed by atoms with E-state index in [2.05, 4.69) is 23.3 Å². The van der Waals surface area contributed by atoms with Crippen LogP contribution in [0.2, 0.25) is 0 Å². The van der Waals surface area contributed by atoms with E-state index in [0.29, 0.717) is 5.17 Å². The van der Waals surface area contributed by atoms with Crippen molar-refractivity contribution in [2.24, 2.45) is 4.99 Å². The van der Waals surface area contributed by atoms with Gasteiger partial charge >= 0.3 is 0 Å². The van der Waals surface area contributed by atoms with Gasteiger partial charge in [0.05, 0.1) is 6.04 Å². The lowest BCUT2D eigenvalue weighted by molar-refractivity contribution is 0.714. The van der Waals surface area contributed by atoms with Crippen LogP contribution in [0.4, 0.5) is 0 Å². The van der Waals surface area contributed by atoms with Crippen LogP contribution in [-0.2, 0) is 0 Å². The highest BCUT2D eigenvalue weighted by Gasteiger charge is 2.09. The van der Waals surface area contributed by atoms with Gasteiger partial charge in [-0.2, -0.15) is 5.26 Å². The van der Waals surface area contributed by atoms with E-state index in [1.165, 1.54) is 16.6 Å². The molecule has 0 bridgehead atoms. The maximum absolute atomic E-state index is 8.53. The molecule has 1 aromatic heterocycles. The Labute approximate surface area is 98.2 Å². The van der Waals surface area contributed by atoms with Gasteiger partial charge in [0.1, 0.15) is 0 Å². The molecular formula is C10H13N3S2. The number of hydrogen-bond acceptors (Lipinski definition) is 4. The molecule has 0 aliphatic carbocycles. The molecule has 1 aromatic rings. The predicted octanol–water partition coefficient (Wildman–Crippen LogP) is 2.99. The summed E-state index contributed by atoms with van der Waals surface area (Å²) in [5, 5.41) is 13.8. The molecule has 0 radical (unpaired) electrons. The summed E-state index contributed by atoms with van der Waals surface area (Å²) >= 11 is 3.16. The fourth-order valence-electron chi connectivity index (χ4n) is 1.16. The second-order valence-corrected chi connectivity index (χ2v) is 4.59. The van der Waals surface area contributed by atoms with Gasteiger partial charge in [-0.15, -0.1) is 11.3 Å². The predicted molar refractivity (Wildman–Crippen MR) is 67.0 cm³/mol. The zero-order valence-corrected chi connectivity index (χ0v) is 10.4. The summed E-state index contributed by atoms with van der Waals surface area (Å²) < 4.78 is 0. The third kappa shape index (κ3) is 3.57. The number of aliphatic imine (C=N–C) groups is 1. The SMILES string of the molecule is CCC(N=C(NC#N)SC)c1cccs1. The van der Waals surface area contributed by atoms with E-state index in [1.54, 1.807) is 11.3 Å². The molecule has 80 valence electrons. The minimum absolute atomic E-state index is 0.160. The van der Waals surface area contributed by atoms with Gasteiger partial charge in [-0.05, 0) is 24.1 Å². The lowest BCUT2D eigenvalue weighted by atomic mass is 10.2. The van der Waals surface area contributed by atoms with Crippen molar-refractivity contribution in [3.8, 4) is 6.19 Å². The van der Waals surface area contributed by atoms with Crippen molar-refractivity contribution in [3.05, 3.63) is 22.4 Å². The normalized spacial score (nSPS) is 13.3. The van der Waals surface area contributed by atoms with Crippen molar-refractivity contribution in [2.75, 3.05) is 6.26 Å². The third-order valence-electron chi connectivity index (χ3n) is 1.89. The topological polar surface area (TPSA) is 48.2 Å². The van der Waals surface area contributed by atoms with Crippen LogP contribution >= 0.6 is 23.1 Å². The van der Waals surface area contributed by atoms with E-state index in [1.807, 2.05) is 23.9 Å². The van der Waals surface area contributed by atoms with Crippen molar-refractivity contribution in [1.82, 2.24) is 5.32 Å². The van der Waals surface area contributed by atoms with Crippen LogP contribution in [0.25, 0.3) is 0 Å². The monoisotopic (exact) mass is 239 g/mol. The molecular weight excluding hydrogens is 226 g/mol. The molecule has 1 heterocycles. The number of amidine groups is 1. The first-order chi connectivity index (χ1) is 7.31. The van der Waals surface area contributed by atoms with Crippen molar-refractivity contribution < 1.29 is 0 Å². The highest BCUT2D eigenvalue weighted by Crippen LogP contribution is 2.26. The van der Waals surface area contributed by atoms with Gasteiger partial charge < -0.3 is 0 Å². The van der Waals surface area contributed by atoms with E-state index in [9.17, 15) is 0 Å². The summed E-state index contributed by atoms with van der Waals surface area (Å²) in [5.41, 5.74) is 0. The average molecular weight is 239 g/mol. The summed E-state index contributed by atoms with van der Waals surface area (Å²) in [5.74, 6) is 0. The van der Waals surface area contributed by atoms with E-state index >= 15 is 0 Å². The first-order valence-electron chi connectivity index (χ1n) is 4.62. The summed E-state index contributed by atoms with van der Waals surface area (Å²) in [6.45, 7) is 2.10. The fourth-order valence-corrected chi connectivity index (χ4v) is 2.39. The fraction of sp³-hybridized carbons (Fsp3) is 0.400. The standard InChI is InChI=1S/C10H13N3S2/c1-3-8(9-5-4-6-15-9)13-10(14-2)12-7-11/h4-6,8H,3H2,1-2H3,(H,12,13). The van der Waals surface area contributed by atoms with Crippen LogP contribution in [0.5, 0.6) is 0 Å². The number of thiophene rings is 1. The quantitative estimate of drug-likeness (QED) is 0.382. The number of nitrogens with one attached hydrogen (secondary N) is 1. The molecule has 0 aliphatic heterocycles. The number of nitrogens with zero attached hydrogens (tertiary/aromatic N) is 2. The molecule has 3 nitrogen and oxygen atoms in total. The van der Waals surface area contributed by atoms with Crippen LogP contribution in [0.3, 0.4) is 0 Å². The molecule has 1 N–H and O–H groups in total. The molecule has 15 heavy (non-hydrogen) atoms. The van der Waals surface area contributed by atoms with E-state index in [4.69, 9.17) is 5.26 Å². The first-order valence-corrected chi connectivity index (χ1v) is 6.72. The average Bonchev–Trinajstić information content (AvgIpc) is 2.77. The maximum Gasteiger partial charge on any atom is 0.183 e. The Morgan fingerprint density at radius 2 is 2.60 bits per heavy atom. The van der Waals surface area contributed by atoms with E-state index in [-0.39, 0.29) is 6.04 Å². The Kier molecular flexibility index (Phi) is 5.22. The minimum atomic E-state index is 0.160. The van der Waals surface area contributed by atoms with Gasteiger partial charge in [-0.3, -0.25) is 10.3 Å². The van der Waals surface area contributed by atoms with E-state index < -0.39 is 0 Å². The van der Waals surface area contributed by atoms with Gasteiger partial charge in [-0.25, -0.2) is 0 Å². The van der Waals surface area contributed by atoms with Crippen LogP contribution in [-0.4, -0.2) is 11.4 Å². The highest BCUT2D eigenvalue weighted by atomic mass is 32.2. The van der Waals surface area contributed by atoms with Crippen molar-refractivity contribution >= 4 is 28.3 Å². The molecule has 0 saturated carbocycles. The van der Waals surface area contributed by atoms with Gasteiger partial charge in [-0.1, -0.05) is 24.8 Å². The Morgan fingerprint density at radius 1 is 1.80 bits per heavy atom. The highest BCUT2D eigenvalue weighted by molar-refractivity contribution is 8.13. The summed E-state index contributed by atoms with van der Waals surface area (Å²) in [7, 11) is 0. The third-order valence-corrected chi connectivity index (χ3v) is 3.46. The van der Waals surface area contributed by atoms with Crippen LogP contribution < -0.4 is 5.32 Å². The summed E-state index contributed by atoms with van der Waals surface area (Å²) in [6, 6.07) is 4.26. The van der Waals surface area contributed by atoms with Gasteiger partial charge in [0.15, 0.2) is 11.4 Å². The van der Waals surface area contributed by atoms with Crippen molar-refractivity contribution in [2.45, 2.75) is 19.4 Å². The van der Waals surface area contributed by atoms with Crippen molar-refractivity contribution in [3.63, 3.8) is 0 Å². The number of hydrogen-bond donors (Lipinski definition) is 1. The molecule has 5 heteroatoms. The molecule has 0 amide bonds. The maximum atomic E-state index is 8.53. The van der Waals surface area contributed by atoms with Crippen LogP contribution in [0, 0.1) is 11.5 Å². The smallest absolute Gasteiger partial charge is 0.183 e. The van der Waals surface area contributed by atoms with Gasteiger partial charge in [0, 0.05) is 4.88 Å². The first kappa shape index (κ1) is 12.1. The molecule has 1 rings (SSSR count). The zero-order chi connectivity index (χ0) is 11.1. The molecule has 0 spiro atoms. The van der Waals surface area contributed by atoms with Crippen LogP contribution in [0.15, 0.2) is 22.5 Å². The number of nitriles is 1. The summed E-state index contributed by atoms with van der Waals surface area (Å²) in [6.07, 6.45) is 4.74. The van der Waals surface area contributed by atoms with E-state index in [0.717, 1.165) is 6.42 Å². The molecule has 1 unspecified atom stereocenters. The lowest BCUT2D eigenvalue weighted by Crippen LogP contribution is -2.14. The molecule has 0 aromatic carbocycles. The largest absolute Gasteiger partial charge is 0.272 e. The molecule has 0 aliphatic rings. The second-order valence-electron chi connectivity index (χ2n) is 2.81. The molecule has 0 saturated heterocycles. The second kappa shape index (κ2) is 6.49. The molecule has 0 fully saturated rings. The minimum Gasteiger partial charge on any atom is -0.272 e. The molecule has 1 atom stereocenters. The Morgan fingerprint density at radius 3 is 3.07 bits per heavy atom. The van der Waals surface area contributed by atoms with Gasteiger partial charge in [0.25, 0.3) is 0 Å². The number of rotatable bonds is 3. The lowest BCUT2D eigenvalue weighted by Gasteiger charge is -2.09. The van der Waals surface area contributed by atoms with Crippen molar-refractivity contribution in [1.29, 1.82) is 5.26 Å². The number of thioether (sulfide) groups is 1. The Hall–Kier alpha value is -0.990.